The van der Waals surface area contributed by atoms with Gasteiger partial charge in [-0.15, -0.1) is 0 Å². The Morgan fingerprint density at radius 3 is 2.72 bits per heavy atom. The summed E-state index contributed by atoms with van der Waals surface area (Å²) < 4.78 is 8.00. The van der Waals surface area contributed by atoms with Gasteiger partial charge in [-0.2, -0.15) is 0 Å². The van der Waals surface area contributed by atoms with Gasteiger partial charge in [-0.3, -0.25) is 9.59 Å². The van der Waals surface area contributed by atoms with E-state index >= 15 is 0 Å². The summed E-state index contributed by atoms with van der Waals surface area (Å²) in [6.45, 7) is 0.763. The smallest absolute Gasteiger partial charge is 0.343 e. The summed E-state index contributed by atoms with van der Waals surface area (Å²) in [6, 6.07) is 6.45. The number of ether oxygens (including phenoxy) is 1. The molecule has 9 heteroatoms. The first kappa shape index (κ1) is 18.7. The number of fused-ring (bicyclic) bond motifs is 2. The molecule has 0 saturated carbocycles. The topological polar surface area (TPSA) is 107 Å². The van der Waals surface area contributed by atoms with Gasteiger partial charge in [0.15, 0.2) is 0 Å². The third kappa shape index (κ3) is 3.14. The fourth-order valence-electron chi connectivity index (χ4n) is 3.70. The summed E-state index contributed by atoms with van der Waals surface area (Å²) in [4.78, 5) is 43.5. The number of aromatic nitrogens is 3. The average molecular weight is 396 g/mol. The highest BCUT2D eigenvalue weighted by Crippen LogP contribution is 2.23. The van der Waals surface area contributed by atoms with E-state index in [4.69, 9.17) is 4.74 Å². The number of hydrogen-bond donors (Lipinski definition) is 1. The van der Waals surface area contributed by atoms with Gasteiger partial charge in [0, 0.05) is 56.4 Å². The van der Waals surface area contributed by atoms with E-state index in [2.05, 4.69) is 4.98 Å². The van der Waals surface area contributed by atoms with Crippen LogP contribution in [-0.4, -0.2) is 56.2 Å². The number of pyridine rings is 2. The Balaban J connectivity index is 1.66. The number of esters is 1. The summed E-state index contributed by atoms with van der Waals surface area (Å²) in [6.07, 6.45) is 2.11. The molecule has 1 aliphatic rings. The van der Waals surface area contributed by atoms with Gasteiger partial charge in [-0.1, -0.05) is 0 Å². The fourth-order valence-corrected chi connectivity index (χ4v) is 3.70. The molecule has 0 aromatic carbocycles. The standard InChI is InChI=1S/C20H20N4O5/c1-22-7-5-12-3-4-13(21-18(12)22)19(27)23-8-6-14-17(20(28)29-2)15(25)11-16(26)24(14)10-9-23/h3-5,7,11,25H,6,8-10H2,1-2H3. The molecule has 0 fully saturated rings. The molecule has 0 bridgehead atoms. The minimum Gasteiger partial charge on any atom is -0.507 e. The zero-order valence-corrected chi connectivity index (χ0v) is 16.1. The Kier molecular flexibility index (Phi) is 4.57. The van der Waals surface area contributed by atoms with Gasteiger partial charge in [0.05, 0.1) is 7.11 Å². The van der Waals surface area contributed by atoms with E-state index in [1.165, 1.54) is 11.7 Å². The van der Waals surface area contributed by atoms with E-state index in [9.17, 15) is 19.5 Å². The monoisotopic (exact) mass is 396 g/mol. The molecule has 0 radical (unpaired) electrons. The van der Waals surface area contributed by atoms with E-state index in [0.29, 0.717) is 17.0 Å². The third-order valence-corrected chi connectivity index (χ3v) is 5.22. The van der Waals surface area contributed by atoms with Crippen molar-refractivity contribution < 1.29 is 19.4 Å². The van der Waals surface area contributed by atoms with E-state index < -0.39 is 17.3 Å². The highest BCUT2D eigenvalue weighted by atomic mass is 16.5. The molecule has 1 amide bonds. The van der Waals surface area contributed by atoms with Crippen LogP contribution in [-0.2, 0) is 24.8 Å². The average Bonchev–Trinajstić information content (AvgIpc) is 2.94. The minimum absolute atomic E-state index is 0.0373. The molecule has 0 aliphatic carbocycles. The zero-order chi connectivity index (χ0) is 20.7. The number of carbonyl (C=O) groups excluding carboxylic acids is 2. The normalized spacial score (nSPS) is 13.8. The number of hydrogen-bond acceptors (Lipinski definition) is 6. The Hall–Kier alpha value is -3.62. The lowest BCUT2D eigenvalue weighted by Gasteiger charge is -2.19. The van der Waals surface area contributed by atoms with Crippen LogP contribution in [0.5, 0.6) is 5.75 Å². The van der Waals surface area contributed by atoms with Crippen LogP contribution in [0.4, 0.5) is 0 Å². The lowest BCUT2D eigenvalue weighted by atomic mass is 10.1. The third-order valence-electron chi connectivity index (χ3n) is 5.22. The highest BCUT2D eigenvalue weighted by Gasteiger charge is 2.27. The Morgan fingerprint density at radius 2 is 1.97 bits per heavy atom. The lowest BCUT2D eigenvalue weighted by Crippen LogP contribution is -2.34. The molecule has 1 aliphatic heterocycles. The van der Waals surface area contributed by atoms with Crippen molar-refractivity contribution in [2.75, 3.05) is 20.2 Å². The molecule has 0 spiro atoms. The van der Waals surface area contributed by atoms with Crippen LogP contribution in [0.1, 0.15) is 26.5 Å². The predicted octanol–water partition coefficient (Wildman–Crippen LogP) is 0.926. The SMILES string of the molecule is COC(=O)c1c(O)cc(=O)n2c1CCN(C(=O)c1ccc3ccn(C)c3n1)CC2. The Labute approximate surface area is 165 Å². The van der Waals surface area contributed by atoms with Crippen LogP contribution in [0, 0.1) is 0 Å². The van der Waals surface area contributed by atoms with Crippen LogP contribution in [0.2, 0.25) is 0 Å². The maximum absolute atomic E-state index is 13.0. The maximum Gasteiger partial charge on any atom is 0.343 e. The van der Waals surface area contributed by atoms with Crippen LogP contribution in [0.15, 0.2) is 35.3 Å². The summed E-state index contributed by atoms with van der Waals surface area (Å²) in [5.74, 6) is -1.39. The van der Waals surface area contributed by atoms with Gasteiger partial charge in [-0.05, 0) is 18.2 Å². The molecule has 9 nitrogen and oxygen atoms in total. The van der Waals surface area contributed by atoms with Gasteiger partial charge in [0.2, 0.25) is 0 Å². The zero-order valence-electron chi connectivity index (χ0n) is 16.1. The molecule has 0 saturated heterocycles. The van der Waals surface area contributed by atoms with Crippen molar-refractivity contribution in [1.82, 2.24) is 19.0 Å². The second-order valence-corrected chi connectivity index (χ2v) is 6.91. The molecule has 3 aromatic rings. The molecule has 4 heterocycles. The highest BCUT2D eigenvalue weighted by molar-refractivity contribution is 5.95. The van der Waals surface area contributed by atoms with Crippen molar-refractivity contribution in [2.24, 2.45) is 7.05 Å². The van der Waals surface area contributed by atoms with Crippen LogP contribution in [0.3, 0.4) is 0 Å². The Bertz CT molecular complexity index is 1190. The summed E-state index contributed by atoms with van der Waals surface area (Å²) in [7, 11) is 3.07. The molecular weight excluding hydrogens is 376 g/mol. The second kappa shape index (κ2) is 7.08. The molecule has 4 rings (SSSR count). The number of aryl methyl sites for hydroxylation is 1. The lowest BCUT2D eigenvalue weighted by molar-refractivity contribution is 0.0594. The van der Waals surface area contributed by atoms with Crippen molar-refractivity contribution in [3.63, 3.8) is 0 Å². The number of rotatable bonds is 2. The number of nitrogens with zero attached hydrogens (tertiary/aromatic N) is 4. The van der Waals surface area contributed by atoms with Crippen LogP contribution in [0.25, 0.3) is 11.0 Å². The summed E-state index contributed by atoms with van der Waals surface area (Å²) in [5, 5.41) is 11.0. The molecule has 1 N–H and O–H groups in total. The molecular formula is C20H20N4O5. The first-order valence-electron chi connectivity index (χ1n) is 9.16. The fraction of sp³-hybridized carbons (Fsp3) is 0.300. The van der Waals surface area contributed by atoms with Crippen molar-refractivity contribution in [3.05, 3.63) is 57.8 Å². The molecule has 29 heavy (non-hydrogen) atoms. The van der Waals surface area contributed by atoms with Crippen LogP contribution >= 0.6 is 0 Å². The van der Waals surface area contributed by atoms with E-state index in [1.807, 2.05) is 29.9 Å². The van der Waals surface area contributed by atoms with Crippen molar-refractivity contribution >= 4 is 22.9 Å². The molecule has 150 valence electrons. The van der Waals surface area contributed by atoms with Gasteiger partial charge >= 0.3 is 5.97 Å². The van der Waals surface area contributed by atoms with E-state index in [1.54, 1.807) is 11.0 Å². The second-order valence-electron chi connectivity index (χ2n) is 6.91. The van der Waals surface area contributed by atoms with E-state index in [-0.39, 0.29) is 37.5 Å². The van der Waals surface area contributed by atoms with Gasteiger partial charge in [0.25, 0.3) is 11.5 Å². The van der Waals surface area contributed by atoms with Crippen molar-refractivity contribution in [3.8, 4) is 5.75 Å². The predicted molar refractivity (Wildman–Crippen MR) is 104 cm³/mol. The number of aromatic hydroxyl groups is 1. The number of methoxy groups -OCH3 is 1. The van der Waals surface area contributed by atoms with Crippen LogP contribution < -0.4 is 5.56 Å². The Morgan fingerprint density at radius 1 is 1.17 bits per heavy atom. The largest absolute Gasteiger partial charge is 0.507 e. The maximum atomic E-state index is 13.0. The number of carbonyl (C=O) groups is 2. The summed E-state index contributed by atoms with van der Waals surface area (Å²) >= 11 is 0. The number of amides is 1. The molecule has 3 aromatic heterocycles. The first-order valence-corrected chi connectivity index (χ1v) is 9.16. The van der Waals surface area contributed by atoms with E-state index in [0.717, 1.165) is 11.5 Å². The van der Waals surface area contributed by atoms with Gasteiger partial charge in [-0.25, -0.2) is 9.78 Å². The van der Waals surface area contributed by atoms with Crippen molar-refractivity contribution in [2.45, 2.75) is 13.0 Å². The minimum atomic E-state index is -0.721. The van der Waals surface area contributed by atoms with Crippen molar-refractivity contribution in [1.29, 1.82) is 0 Å². The first-order chi connectivity index (χ1) is 13.9. The summed E-state index contributed by atoms with van der Waals surface area (Å²) in [5.41, 5.74) is 0.923. The van der Waals surface area contributed by atoms with Gasteiger partial charge < -0.3 is 23.9 Å². The van der Waals surface area contributed by atoms with Gasteiger partial charge in [0.1, 0.15) is 22.7 Å². The quantitative estimate of drug-likeness (QED) is 0.646. The molecule has 0 unspecified atom stereocenters. The molecule has 0 atom stereocenters.